The van der Waals surface area contributed by atoms with Crippen molar-refractivity contribution in [2.75, 3.05) is 13.1 Å². The van der Waals surface area contributed by atoms with Gasteiger partial charge in [-0.05, 0) is 18.3 Å². The number of aliphatic hydroxyl groups is 1. The largest absolute Gasteiger partial charge is 0.378 e. The predicted molar refractivity (Wildman–Crippen MR) is 82.4 cm³/mol. The van der Waals surface area contributed by atoms with Gasteiger partial charge in [0, 0.05) is 25.1 Å². The molecule has 1 saturated carbocycles. The van der Waals surface area contributed by atoms with Crippen LogP contribution in [0.2, 0.25) is 0 Å². The first kappa shape index (κ1) is 17.4. The van der Waals surface area contributed by atoms with E-state index in [1.165, 1.54) is 0 Å². The maximum atomic E-state index is 12.1. The molecule has 0 spiro atoms. The second kappa shape index (κ2) is 7.10. The smallest absolute Gasteiger partial charge is 0.273 e. The first-order valence-corrected chi connectivity index (χ1v) is 7.72. The van der Waals surface area contributed by atoms with Crippen LogP contribution in [0.5, 0.6) is 0 Å². The average Bonchev–Trinajstić information content (AvgIpc) is 3.20. The van der Waals surface area contributed by atoms with Crippen LogP contribution in [0.15, 0.2) is 10.6 Å². The fourth-order valence-corrected chi connectivity index (χ4v) is 2.03. The van der Waals surface area contributed by atoms with Crippen LogP contribution in [-0.2, 0) is 4.79 Å². The normalized spacial score (nSPS) is 16.0. The van der Waals surface area contributed by atoms with E-state index in [1.807, 2.05) is 13.8 Å². The van der Waals surface area contributed by atoms with Crippen molar-refractivity contribution in [2.24, 2.45) is 11.1 Å². The van der Waals surface area contributed by atoms with Gasteiger partial charge in [0.05, 0.1) is 6.42 Å². The maximum absolute atomic E-state index is 12.1. The van der Waals surface area contributed by atoms with Gasteiger partial charge in [0.1, 0.15) is 12.0 Å². The molecule has 1 aromatic rings. The van der Waals surface area contributed by atoms with Gasteiger partial charge in [-0.3, -0.25) is 9.59 Å². The summed E-state index contributed by atoms with van der Waals surface area (Å²) in [6.07, 6.45) is 0.859. The van der Waals surface area contributed by atoms with Gasteiger partial charge in [-0.2, -0.15) is 0 Å². The summed E-state index contributed by atoms with van der Waals surface area (Å²) < 4.78 is 5.15. The summed E-state index contributed by atoms with van der Waals surface area (Å²) >= 11 is 0. The molecule has 1 aliphatic rings. The van der Waals surface area contributed by atoms with Crippen LogP contribution in [0, 0.1) is 5.41 Å². The minimum absolute atomic E-state index is 0.147. The highest BCUT2D eigenvalue weighted by molar-refractivity contribution is 5.92. The number of nitrogens with two attached hydrogens (primary N) is 1. The Morgan fingerprint density at radius 3 is 2.70 bits per heavy atom. The predicted octanol–water partition coefficient (Wildman–Crippen LogP) is 0.0914. The molecule has 0 saturated heterocycles. The van der Waals surface area contributed by atoms with E-state index in [0.29, 0.717) is 19.0 Å². The molecular weight excluding hydrogens is 300 g/mol. The molecule has 1 heterocycles. The van der Waals surface area contributed by atoms with Crippen molar-refractivity contribution in [2.45, 2.75) is 45.3 Å². The molecule has 5 N–H and O–H groups in total. The van der Waals surface area contributed by atoms with Gasteiger partial charge in [-0.15, -0.1) is 0 Å². The Morgan fingerprint density at radius 2 is 2.09 bits per heavy atom. The van der Waals surface area contributed by atoms with E-state index in [4.69, 9.17) is 15.4 Å². The number of hydrogen-bond donors (Lipinski definition) is 4. The summed E-state index contributed by atoms with van der Waals surface area (Å²) in [5.41, 5.74) is 5.07. The Balaban J connectivity index is 1.76. The molecule has 0 radical (unpaired) electrons. The van der Waals surface area contributed by atoms with E-state index in [-0.39, 0.29) is 29.3 Å². The van der Waals surface area contributed by atoms with Crippen LogP contribution in [0.1, 0.15) is 55.3 Å². The minimum atomic E-state index is -1.16. The quantitative estimate of drug-likeness (QED) is 0.501. The third-order valence-electron chi connectivity index (χ3n) is 3.63. The minimum Gasteiger partial charge on any atom is -0.378 e. The van der Waals surface area contributed by atoms with Crippen molar-refractivity contribution < 1.29 is 19.2 Å². The van der Waals surface area contributed by atoms with Crippen molar-refractivity contribution in [1.29, 1.82) is 0 Å². The van der Waals surface area contributed by atoms with Gasteiger partial charge >= 0.3 is 0 Å². The molecule has 23 heavy (non-hydrogen) atoms. The van der Waals surface area contributed by atoms with E-state index in [1.54, 1.807) is 6.07 Å². The van der Waals surface area contributed by atoms with Gasteiger partial charge in [0.15, 0.2) is 5.69 Å². The monoisotopic (exact) mass is 324 g/mol. The second-order valence-corrected chi connectivity index (χ2v) is 6.78. The lowest BCUT2D eigenvalue weighted by molar-refractivity contribution is -0.123. The van der Waals surface area contributed by atoms with Gasteiger partial charge in [0.25, 0.3) is 5.91 Å². The first-order valence-electron chi connectivity index (χ1n) is 7.72. The molecule has 1 atom stereocenters. The zero-order chi connectivity index (χ0) is 17.0. The molecule has 8 nitrogen and oxygen atoms in total. The number of rotatable bonds is 8. The van der Waals surface area contributed by atoms with Crippen LogP contribution >= 0.6 is 0 Å². The molecule has 1 aliphatic carbocycles. The topological polar surface area (TPSA) is 130 Å². The van der Waals surface area contributed by atoms with Crippen LogP contribution in [0.4, 0.5) is 0 Å². The lowest BCUT2D eigenvalue weighted by atomic mass is 9.93. The molecule has 0 aliphatic heterocycles. The second-order valence-electron chi connectivity index (χ2n) is 6.78. The highest BCUT2D eigenvalue weighted by atomic mass is 16.5. The van der Waals surface area contributed by atoms with Gasteiger partial charge in [0.2, 0.25) is 5.91 Å². The third kappa shape index (κ3) is 5.65. The van der Waals surface area contributed by atoms with Crippen molar-refractivity contribution >= 4 is 11.8 Å². The van der Waals surface area contributed by atoms with Gasteiger partial charge in [-0.25, -0.2) is 0 Å². The molecule has 0 bridgehead atoms. The molecule has 1 aromatic heterocycles. The molecule has 0 unspecified atom stereocenters. The van der Waals surface area contributed by atoms with E-state index in [9.17, 15) is 9.59 Å². The number of amides is 2. The molecule has 1 fully saturated rings. The summed E-state index contributed by atoms with van der Waals surface area (Å²) in [7, 11) is 0. The third-order valence-corrected chi connectivity index (χ3v) is 3.63. The average molecular weight is 324 g/mol. The summed E-state index contributed by atoms with van der Waals surface area (Å²) in [5.74, 6) is 0.554. The maximum Gasteiger partial charge on any atom is 0.273 e. The number of hydrogen-bond acceptors (Lipinski definition) is 6. The van der Waals surface area contributed by atoms with Crippen LogP contribution in [0.25, 0.3) is 0 Å². The zero-order valence-electron chi connectivity index (χ0n) is 13.5. The van der Waals surface area contributed by atoms with E-state index < -0.39 is 6.23 Å². The number of nitrogens with one attached hydrogen (secondary N) is 2. The van der Waals surface area contributed by atoms with E-state index in [0.717, 1.165) is 18.6 Å². The molecule has 128 valence electrons. The lowest BCUT2D eigenvalue weighted by Gasteiger charge is -2.25. The SMILES string of the molecule is CC(C)(CNC(=O)C[C@H](N)O)CNC(=O)c1cc(C2CC2)on1. The Labute approximate surface area is 134 Å². The Kier molecular flexibility index (Phi) is 5.38. The number of nitrogens with zero attached hydrogens (tertiary/aromatic N) is 1. The number of carbonyl (C=O) groups is 2. The number of aliphatic hydroxyl groups excluding tert-OH is 1. The summed E-state index contributed by atoms with van der Waals surface area (Å²) in [6.45, 7) is 4.53. The fourth-order valence-electron chi connectivity index (χ4n) is 2.03. The molecule has 2 amide bonds. The Hall–Kier alpha value is -1.93. The van der Waals surface area contributed by atoms with Crippen LogP contribution < -0.4 is 16.4 Å². The van der Waals surface area contributed by atoms with Gasteiger partial charge < -0.3 is 26.0 Å². The van der Waals surface area contributed by atoms with E-state index >= 15 is 0 Å². The Morgan fingerprint density at radius 1 is 1.43 bits per heavy atom. The van der Waals surface area contributed by atoms with Crippen molar-refractivity contribution in [3.63, 3.8) is 0 Å². The van der Waals surface area contributed by atoms with Crippen molar-refractivity contribution in [3.8, 4) is 0 Å². The fraction of sp³-hybridized carbons (Fsp3) is 0.667. The summed E-state index contributed by atoms with van der Waals surface area (Å²) in [6, 6.07) is 1.68. The highest BCUT2D eigenvalue weighted by Crippen LogP contribution is 2.40. The number of aromatic nitrogens is 1. The highest BCUT2D eigenvalue weighted by Gasteiger charge is 2.29. The summed E-state index contributed by atoms with van der Waals surface area (Å²) in [5, 5.41) is 18.2. The van der Waals surface area contributed by atoms with Crippen molar-refractivity contribution in [3.05, 3.63) is 17.5 Å². The molecule has 0 aromatic carbocycles. The van der Waals surface area contributed by atoms with Crippen LogP contribution in [0.3, 0.4) is 0 Å². The first-order chi connectivity index (χ1) is 10.8. The molecule has 8 heteroatoms. The summed E-state index contributed by atoms with van der Waals surface area (Å²) in [4.78, 5) is 23.5. The van der Waals surface area contributed by atoms with E-state index in [2.05, 4.69) is 15.8 Å². The zero-order valence-corrected chi connectivity index (χ0v) is 13.5. The Bertz CT molecular complexity index is 564. The molecular formula is C15H24N4O4. The number of carbonyl (C=O) groups excluding carboxylic acids is 2. The molecule has 2 rings (SSSR count). The van der Waals surface area contributed by atoms with Crippen molar-refractivity contribution in [1.82, 2.24) is 15.8 Å². The van der Waals surface area contributed by atoms with Gasteiger partial charge in [-0.1, -0.05) is 19.0 Å². The standard InChI is InChI=1S/C15H24N4O4/c1-15(2,7-17-13(21)6-12(16)20)8-18-14(22)10-5-11(23-19-10)9-3-4-9/h5,9,12,20H,3-4,6-8,16H2,1-2H3,(H,17,21)(H,18,22)/t12-/m1/s1. The van der Waals surface area contributed by atoms with Crippen LogP contribution in [-0.4, -0.2) is 41.4 Å². The lowest BCUT2D eigenvalue weighted by Crippen LogP contribution is -2.43.